The molecular formula is C10H10ClN2OS. The number of carbonyl (C=O) groups excluding carboxylic acids is 1. The maximum atomic E-state index is 9.92. The van der Waals surface area contributed by atoms with Crippen LogP contribution in [-0.4, -0.2) is 24.4 Å². The molecule has 0 aliphatic carbocycles. The number of hydrogen-bond acceptors (Lipinski definition) is 3. The minimum Gasteiger partial charge on any atom is -0.366 e. The lowest BCUT2D eigenvalue weighted by molar-refractivity contribution is 0.554. The normalized spacial score (nSPS) is 9.67. The highest BCUT2D eigenvalue weighted by molar-refractivity contribution is 8.00. The van der Waals surface area contributed by atoms with E-state index in [-0.39, 0.29) is 6.54 Å². The number of hydrogen-bond donors (Lipinski definition) is 2. The molecule has 0 saturated heterocycles. The van der Waals surface area contributed by atoms with Crippen molar-refractivity contribution in [2.24, 2.45) is 0 Å². The van der Waals surface area contributed by atoms with Gasteiger partial charge in [0.25, 0.3) is 0 Å². The van der Waals surface area contributed by atoms with Crippen LogP contribution in [0.4, 0.5) is 0 Å². The Kier molecular flexibility index (Phi) is 5.21. The van der Waals surface area contributed by atoms with Gasteiger partial charge in [-0.25, -0.2) is 0 Å². The summed E-state index contributed by atoms with van der Waals surface area (Å²) in [5.41, 5.74) is 0. The topological polar surface area (TPSA) is 53.0 Å². The van der Waals surface area contributed by atoms with E-state index in [1.807, 2.05) is 12.1 Å². The first-order chi connectivity index (χ1) is 7.22. The molecule has 0 aliphatic heterocycles. The molecule has 79 valence electrons. The summed E-state index contributed by atoms with van der Waals surface area (Å²) in [5, 5.41) is 10.8. The molecule has 0 bridgehead atoms. The van der Waals surface area contributed by atoms with Crippen LogP contribution in [0.3, 0.4) is 0 Å². The van der Waals surface area contributed by atoms with Gasteiger partial charge in [-0.1, -0.05) is 11.6 Å². The van der Waals surface area contributed by atoms with E-state index < -0.39 is 0 Å². The standard InChI is InChI=1S/C10H10ClN2OS/c11-8-1-3-9(4-2-8)15-7-10(12)13-5-6-14/h1-4H,5,7H2,(H2,12,13). The Morgan fingerprint density at radius 3 is 2.73 bits per heavy atom. The predicted molar refractivity (Wildman–Crippen MR) is 63.6 cm³/mol. The van der Waals surface area contributed by atoms with Gasteiger partial charge in [-0.15, -0.1) is 11.8 Å². The van der Waals surface area contributed by atoms with Crippen LogP contribution >= 0.6 is 23.4 Å². The number of nitrogens with one attached hydrogen (secondary N) is 2. The molecule has 0 saturated carbocycles. The monoisotopic (exact) mass is 241 g/mol. The molecule has 3 nitrogen and oxygen atoms in total. The summed E-state index contributed by atoms with van der Waals surface area (Å²) in [5.74, 6) is 0.821. The number of halogens is 1. The van der Waals surface area contributed by atoms with Gasteiger partial charge in [-0.3, -0.25) is 10.2 Å². The fourth-order valence-corrected chi connectivity index (χ4v) is 1.75. The minimum atomic E-state index is 0.0695. The number of thioether (sulfide) groups is 1. The summed E-state index contributed by atoms with van der Waals surface area (Å²) in [7, 11) is 0. The average molecular weight is 242 g/mol. The fraction of sp³-hybridized carbons (Fsp3) is 0.200. The molecule has 5 heteroatoms. The van der Waals surface area contributed by atoms with E-state index >= 15 is 0 Å². The number of amidine groups is 1. The fourth-order valence-electron chi connectivity index (χ4n) is 0.880. The highest BCUT2D eigenvalue weighted by Gasteiger charge is 1.98. The molecule has 0 aromatic heterocycles. The van der Waals surface area contributed by atoms with Gasteiger partial charge >= 0.3 is 0 Å². The Balaban J connectivity index is 2.33. The summed E-state index contributed by atoms with van der Waals surface area (Å²) in [6.45, 7) is 0.0695. The van der Waals surface area contributed by atoms with Gasteiger partial charge in [0.1, 0.15) is 5.84 Å². The smallest absolute Gasteiger partial charge is 0.219 e. The summed E-state index contributed by atoms with van der Waals surface area (Å²) in [4.78, 5) is 11.0. The Morgan fingerprint density at radius 1 is 1.47 bits per heavy atom. The van der Waals surface area contributed by atoms with Crippen LogP contribution in [0.15, 0.2) is 29.2 Å². The zero-order chi connectivity index (χ0) is 11.1. The van der Waals surface area contributed by atoms with Gasteiger partial charge in [0, 0.05) is 9.92 Å². The highest BCUT2D eigenvalue weighted by atomic mass is 35.5. The molecule has 0 spiro atoms. The molecule has 1 rings (SSSR count). The van der Waals surface area contributed by atoms with Crippen LogP contribution in [0.25, 0.3) is 0 Å². The Bertz CT molecular complexity index is 340. The molecule has 2 N–H and O–H groups in total. The van der Waals surface area contributed by atoms with Gasteiger partial charge in [-0.05, 0) is 24.3 Å². The lowest BCUT2D eigenvalue weighted by Gasteiger charge is -2.04. The second-order valence-electron chi connectivity index (χ2n) is 2.72. The van der Waals surface area contributed by atoms with Crippen molar-refractivity contribution in [1.82, 2.24) is 5.32 Å². The van der Waals surface area contributed by atoms with E-state index in [0.717, 1.165) is 4.90 Å². The van der Waals surface area contributed by atoms with Crippen LogP contribution in [0.1, 0.15) is 0 Å². The van der Waals surface area contributed by atoms with E-state index in [2.05, 4.69) is 5.32 Å². The maximum absolute atomic E-state index is 9.92. The molecule has 1 radical (unpaired) electrons. The van der Waals surface area contributed by atoms with Gasteiger partial charge in [0.05, 0.1) is 12.3 Å². The molecule has 0 amide bonds. The first-order valence-electron chi connectivity index (χ1n) is 4.27. The van der Waals surface area contributed by atoms with Gasteiger partial charge in [0.2, 0.25) is 6.29 Å². The largest absolute Gasteiger partial charge is 0.366 e. The summed E-state index contributed by atoms with van der Waals surface area (Å²) in [6, 6.07) is 7.40. The molecule has 0 atom stereocenters. The molecule has 15 heavy (non-hydrogen) atoms. The van der Waals surface area contributed by atoms with E-state index in [1.54, 1.807) is 18.4 Å². The summed E-state index contributed by atoms with van der Waals surface area (Å²) >= 11 is 7.25. The van der Waals surface area contributed by atoms with Gasteiger partial charge in [0.15, 0.2) is 0 Å². The van der Waals surface area contributed by atoms with E-state index in [0.29, 0.717) is 16.6 Å². The molecule has 0 heterocycles. The number of benzene rings is 1. The van der Waals surface area contributed by atoms with E-state index in [9.17, 15) is 4.79 Å². The maximum Gasteiger partial charge on any atom is 0.219 e. The lowest BCUT2D eigenvalue weighted by Crippen LogP contribution is -2.26. The first kappa shape index (κ1) is 12.1. The highest BCUT2D eigenvalue weighted by Crippen LogP contribution is 2.19. The van der Waals surface area contributed by atoms with Gasteiger partial charge < -0.3 is 5.32 Å². The molecule has 1 aromatic carbocycles. The SMILES string of the molecule is N=C(CSc1ccc(Cl)cc1)NC[C]=O. The number of rotatable bonds is 5. The van der Waals surface area contributed by atoms with E-state index in [4.69, 9.17) is 17.0 Å². The van der Waals surface area contributed by atoms with Crippen LogP contribution in [0.5, 0.6) is 0 Å². The first-order valence-corrected chi connectivity index (χ1v) is 5.63. The van der Waals surface area contributed by atoms with Crippen molar-refractivity contribution in [3.05, 3.63) is 29.3 Å². The van der Waals surface area contributed by atoms with Crippen molar-refractivity contribution in [2.75, 3.05) is 12.3 Å². The second-order valence-corrected chi connectivity index (χ2v) is 4.20. The molecular weight excluding hydrogens is 232 g/mol. The summed E-state index contributed by atoms with van der Waals surface area (Å²) < 4.78 is 0. The Hall–Kier alpha value is -1.00. The van der Waals surface area contributed by atoms with Crippen molar-refractivity contribution < 1.29 is 4.79 Å². The predicted octanol–water partition coefficient (Wildman–Crippen LogP) is 2.11. The second kappa shape index (κ2) is 6.48. The van der Waals surface area contributed by atoms with Crippen molar-refractivity contribution in [2.45, 2.75) is 4.90 Å². The van der Waals surface area contributed by atoms with Crippen molar-refractivity contribution >= 4 is 35.5 Å². The minimum absolute atomic E-state index is 0.0695. The van der Waals surface area contributed by atoms with Crippen LogP contribution in [0, 0.1) is 5.41 Å². The third-order valence-corrected chi connectivity index (χ3v) is 2.86. The molecule has 0 fully saturated rings. The molecule has 1 aromatic rings. The molecule has 0 aliphatic rings. The zero-order valence-electron chi connectivity index (χ0n) is 7.92. The van der Waals surface area contributed by atoms with Crippen LogP contribution < -0.4 is 5.32 Å². The van der Waals surface area contributed by atoms with Crippen LogP contribution in [-0.2, 0) is 4.79 Å². The Labute approximate surface area is 97.7 Å². The van der Waals surface area contributed by atoms with E-state index in [1.165, 1.54) is 11.8 Å². The lowest BCUT2D eigenvalue weighted by atomic mass is 10.4. The molecule has 0 unspecified atom stereocenters. The Morgan fingerprint density at radius 2 is 2.13 bits per heavy atom. The van der Waals surface area contributed by atoms with Crippen molar-refractivity contribution in [3.8, 4) is 0 Å². The third kappa shape index (κ3) is 4.85. The van der Waals surface area contributed by atoms with Crippen LogP contribution in [0.2, 0.25) is 5.02 Å². The van der Waals surface area contributed by atoms with Crippen molar-refractivity contribution in [3.63, 3.8) is 0 Å². The third-order valence-electron chi connectivity index (χ3n) is 1.57. The zero-order valence-corrected chi connectivity index (χ0v) is 9.49. The van der Waals surface area contributed by atoms with Crippen molar-refractivity contribution in [1.29, 1.82) is 5.41 Å². The van der Waals surface area contributed by atoms with Gasteiger partial charge in [-0.2, -0.15) is 0 Å². The average Bonchev–Trinajstić information content (AvgIpc) is 2.25. The quantitative estimate of drug-likeness (QED) is 0.472. The summed E-state index contributed by atoms with van der Waals surface area (Å²) in [6.07, 6.45) is 1.68.